The predicted molar refractivity (Wildman–Crippen MR) is 135 cm³/mol. The van der Waals surface area contributed by atoms with Crippen molar-refractivity contribution in [2.75, 3.05) is 21.3 Å². The molecule has 0 spiro atoms. The van der Waals surface area contributed by atoms with Crippen molar-refractivity contribution in [3.63, 3.8) is 0 Å². The summed E-state index contributed by atoms with van der Waals surface area (Å²) in [5, 5.41) is 0. The third-order valence-corrected chi connectivity index (χ3v) is 5.84. The number of benzene rings is 3. The SMILES string of the molecule is COc1cc(-c2cc3nccc(-c4c(F)cccc4OCc4ccccc4)c3o2)cc(OC)c1OC. The minimum atomic E-state index is -0.418. The van der Waals surface area contributed by atoms with Crippen LogP contribution in [0.15, 0.2) is 83.4 Å². The van der Waals surface area contributed by atoms with Gasteiger partial charge in [-0.25, -0.2) is 4.39 Å². The molecular weight excluding hydrogens is 461 g/mol. The number of nitrogens with zero attached hydrogens (tertiary/aromatic N) is 1. The molecule has 2 heterocycles. The standard InChI is InChI=1S/C29H24FNO5/c1-32-25-14-19(15-26(33-2)29(25)34-3)24-16-22-28(36-24)20(12-13-31-22)27-21(30)10-7-11-23(27)35-17-18-8-5-4-6-9-18/h4-16H,17H2,1-3H3. The van der Waals surface area contributed by atoms with E-state index in [9.17, 15) is 0 Å². The van der Waals surface area contributed by atoms with Crippen molar-refractivity contribution in [2.24, 2.45) is 0 Å². The van der Waals surface area contributed by atoms with Crippen LogP contribution < -0.4 is 18.9 Å². The van der Waals surface area contributed by atoms with Gasteiger partial charge in [0.15, 0.2) is 17.1 Å². The third kappa shape index (κ3) is 4.31. The van der Waals surface area contributed by atoms with Gasteiger partial charge in [-0.3, -0.25) is 4.98 Å². The highest BCUT2D eigenvalue weighted by atomic mass is 19.1. The minimum absolute atomic E-state index is 0.306. The van der Waals surface area contributed by atoms with Crippen LogP contribution in [0.25, 0.3) is 33.6 Å². The Hall–Kier alpha value is -4.52. The van der Waals surface area contributed by atoms with Crippen molar-refractivity contribution in [3.05, 3.63) is 90.4 Å². The topological polar surface area (TPSA) is 63.0 Å². The molecule has 5 aromatic rings. The van der Waals surface area contributed by atoms with Crippen LogP contribution in [0.4, 0.5) is 4.39 Å². The van der Waals surface area contributed by atoms with E-state index in [-0.39, 0.29) is 0 Å². The van der Waals surface area contributed by atoms with Crippen LogP contribution >= 0.6 is 0 Å². The van der Waals surface area contributed by atoms with Gasteiger partial charge in [0.05, 0.1) is 26.9 Å². The van der Waals surface area contributed by atoms with Crippen molar-refractivity contribution in [2.45, 2.75) is 6.61 Å². The number of hydrogen-bond donors (Lipinski definition) is 0. The highest BCUT2D eigenvalue weighted by molar-refractivity contribution is 5.94. The summed E-state index contributed by atoms with van der Waals surface area (Å²) in [6.45, 7) is 0.306. The van der Waals surface area contributed by atoms with E-state index in [0.29, 0.717) is 63.2 Å². The van der Waals surface area contributed by atoms with Crippen molar-refractivity contribution in [1.82, 2.24) is 4.98 Å². The van der Waals surface area contributed by atoms with E-state index in [1.165, 1.54) is 6.07 Å². The molecule has 182 valence electrons. The van der Waals surface area contributed by atoms with Gasteiger partial charge in [0.2, 0.25) is 5.75 Å². The largest absolute Gasteiger partial charge is 0.493 e. The first-order valence-electron chi connectivity index (χ1n) is 11.3. The number of hydrogen-bond acceptors (Lipinski definition) is 6. The third-order valence-electron chi connectivity index (χ3n) is 5.84. The molecule has 2 aromatic heterocycles. The molecule has 7 heteroatoms. The fraction of sp³-hybridized carbons (Fsp3) is 0.138. The summed E-state index contributed by atoms with van der Waals surface area (Å²) < 4.78 is 43.9. The molecule has 0 aliphatic heterocycles. The number of furan rings is 1. The Kier molecular flexibility index (Phi) is 6.45. The molecule has 0 radical (unpaired) electrons. The maximum atomic E-state index is 15.2. The molecule has 0 amide bonds. The molecular formula is C29H24FNO5. The van der Waals surface area contributed by atoms with Crippen molar-refractivity contribution >= 4 is 11.1 Å². The van der Waals surface area contributed by atoms with Gasteiger partial charge in [0.1, 0.15) is 29.5 Å². The zero-order valence-electron chi connectivity index (χ0n) is 20.1. The number of ether oxygens (including phenoxy) is 4. The first-order valence-corrected chi connectivity index (χ1v) is 11.3. The summed E-state index contributed by atoms with van der Waals surface area (Å²) >= 11 is 0. The van der Waals surface area contributed by atoms with E-state index in [1.807, 2.05) is 30.3 Å². The predicted octanol–water partition coefficient (Wildman–Crippen LogP) is 6.91. The average Bonchev–Trinajstić information content (AvgIpc) is 3.36. The Balaban J connectivity index is 1.60. The maximum absolute atomic E-state index is 15.2. The van der Waals surface area contributed by atoms with Gasteiger partial charge < -0.3 is 23.4 Å². The molecule has 0 bridgehead atoms. The van der Waals surface area contributed by atoms with Gasteiger partial charge in [-0.2, -0.15) is 0 Å². The van der Waals surface area contributed by atoms with Crippen LogP contribution in [-0.4, -0.2) is 26.3 Å². The Morgan fingerprint density at radius 3 is 2.25 bits per heavy atom. The minimum Gasteiger partial charge on any atom is -0.493 e. The zero-order chi connectivity index (χ0) is 25.1. The van der Waals surface area contributed by atoms with E-state index in [1.54, 1.807) is 63.9 Å². The maximum Gasteiger partial charge on any atom is 0.203 e. The van der Waals surface area contributed by atoms with E-state index >= 15 is 4.39 Å². The highest BCUT2D eigenvalue weighted by Gasteiger charge is 2.21. The van der Waals surface area contributed by atoms with Crippen LogP contribution in [0.1, 0.15) is 5.56 Å². The van der Waals surface area contributed by atoms with Crippen LogP contribution in [0.3, 0.4) is 0 Å². The van der Waals surface area contributed by atoms with Crippen molar-refractivity contribution in [1.29, 1.82) is 0 Å². The fourth-order valence-electron chi connectivity index (χ4n) is 4.12. The molecule has 0 aliphatic carbocycles. The van der Waals surface area contributed by atoms with Gasteiger partial charge in [-0.1, -0.05) is 36.4 Å². The number of aromatic nitrogens is 1. The van der Waals surface area contributed by atoms with Crippen molar-refractivity contribution in [3.8, 4) is 45.4 Å². The summed E-state index contributed by atoms with van der Waals surface area (Å²) in [7, 11) is 4.65. The Morgan fingerprint density at radius 1 is 0.806 bits per heavy atom. The van der Waals surface area contributed by atoms with Crippen LogP contribution in [0.2, 0.25) is 0 Å². The molecule has 0 saturated heterocycles. The summed E-state index contributed by atoms with van der Waals surface area (Å²) in [5.41, 5.74) is 3.55. The molecule has 5 rings (SSSR count). The lowest BCUT2D eigenvalue weighted by atomic mass is 10.0. The highest BCUT2D eigenvalue weighted by Crippen LogP contribution is 2.44. The molecule has 0 unspecified atom stereocenters. The van der Waals surface area contributed by atoms with Crippen LogP contribution in [0, 0.1) is 5.82 Å². The van der Waals surface area contributed by atoms with E-state index < -0.39 is 5.82 Å². The summed E-state index contributed by atoms with van der Waals surface area (Å²) in [6, 6.07) is 21.6. The van der Waals surface area contributed by atoms with Crippen molar-refractivity contribution < 1.29 is 27.8 Å². The van der Waals surface area contributed by atoms with Crippen LogP contribution in [0.5, 0.6) is 23.0 Å². The fourth-order valence-corrected chi connectivity index (χ4v) is 4.12. The Labute approximate surface area is 207 Å². The second kappa shape index (κ2) is 10.00. The molecule has 0 atom stereocenters. The molecule has 36 heavy (non-hydrogen) atoms. The second-order valence-corrected chi connectivity index (χ2v) is 7.98. The van der Waals surface area contributed by atoms with Gasteiger partial charge >= 0.3 is 0 Å². The lowest BCUT2D eigenvalue weighted by Crippen LogP contribution is -1.98. The number of halogens is 1. The van der Waals surface area contributed by atoms with E-state index in [2.05, 4.69) is 4.98 Å². The smallest absolute Gasteiger partial charge is 0.203 e. The normalized spacial score (nSPS) is 10.9. The molecule has 0 N–H and O–H groups in total. The quantitative estimate of drug-likeness (QED) is 0.238. The number of fused-ring (bicyclic) bond motifs is 1. The average molecular weight is 486 g/mol. The van der Waals surface area contributed by atoms with Gasteiger partial charge in [0.25, 0.3) is 0 Å². The van der Waals surface area contributed by atoms with E-state index in [0.717, 1.165) is 5.56 Å². The lowest BCUT2D eigenvalue weighted by Gasteiger charge is -2.13. The summed E-state index contributed by atoms with van der Waals surface area (Å²) in [6.07, 6.45) is 1.62. The molecule has 3 aromatic carbocycles. The van der Waals surface area contributed by atoms with Crippen LogP contribution in [-0.2, 0) is 6.61 Å². The van der Waals surface area contributed by atoms with Gasteiger partial charge in [-0.15, -0.1) is 0 Å². The lowest BCUT2D eigenvalue weighted by molar-refractivity contribution is 0.306. The summed E-state index contributed by atoms with van der Waals surface area (Å²) in [5.74, 6) is 1.98. The molecule has 0 fully saturated rings. The molecule has 0 saturated carbocycles. The first-order chi connectivity index (χ1) is 17.6. The van der Waals surface area contributed by atoms with Gasteiger partial charge in [0, 0.05) is 23.4 Å². The number of pyridine rings is 1. The first kappa shape index (κ1) is 23.2. The van der Waals surface area contributed by atoms with Gasteiger partial charge in [-0.05, 0) is 35.9 Å². The molecule has 0 aliphatic rings. The Morgan fingerprint density at radius 2 is 1.56 bits per heavy atom. The summed E-state index contributed by atoms with van der Waals surface area (Å²) in [4.78, 5) is 4.44. The zero-order valence-corrected chi connectivity index (χ0v) is 20.1. The number of methoxy groups -OCH3 is 3. The monoisotopic (exact) mass is 485 g/mol. The van der Waals surface area contributed by atoms with E-state index in [4.69, 9.17) is 23.4 Å². The second-order valence-electron chi connectivity index (χ2n) is 7.98. The molecule has 6 nitrogen and oxygen atoms in total. The Bertz CT molecular complexity index is 1490. The number of rotatable bonds is 8.